The van der Waals surface area contributed by atoms with Gasteiger partial charge in [0.25, 0.3) is 0 Å². The van der Waals surface area contributed by atoms with Crippen molar-refractivity contribution in [3.05, 3.63) is 29.3 Å². The van der Waals surface area contributed by atoms with Crippen LogP contribution in [-0.2, 0) is 5.41 Å². The summed E-state index contributed by atoms with van der Waals surface area (Å²) in [4.78, 5) is 0. The molecule has 1 aromatic rings. The second-order valence-electron chi connectivity index (χ2n) is 6.28. The van der Waals surface area contributed by atoms with Crippen molar-refractivity contribution in [2.24, 2.45) is 0 Å². The number of hydrogen-bond acceptors (Lipinski definition) is 3. The van der Waals surface area contributed by atoms with E-state index in [9.17, 15) is 0 Å². The molecule has 0 amide bonds. The van der Waals surface area contributed by atoms with E-state index in [1.807, 2.05) is 0 Å². The molecule has 0 radical (unpaired) electrons. The zero-order valence-corrected chi connectivity index (χ0v) is 14.2. The fourth-order valence-corrected chi connectivity index (χ4v) is 2.25. The lowest BCUT2D eigenvalue weighted by Crippen LogP contribution is -2.18. The smallest absolute Gasteiger partial charge is 0.123 e. The zero-order valence-electron chi connectivity index (χ0n) is 13.3. The molecule has 0 spiro atoms. The molecule has 0 atom stereocenters. The van der Waals surface area contributed by atoms with Gasteiger partial charge in [0.15, 0.2) is 0 Å². The van der Waals surface area contributed by atoms with Crippen molar-refractivity contribution in [2.75, 3.05) is 25.4 Å². The zero-order chi connectivity index (χ0) is 15.0. The molecule has 0 aromatic heterocycles. The maximum atomic E-state index is 5.98. The molecule has 0 fully saturated rings. The molecule has 0 saturated carbocycles. The largest absolute Gasteiger partial charge is 0.493 e. The van der Waals surface area contributed by atoms with E-state index in [1.165, 1.54) is 11.1 Å². The first-order chi connectivity index (χ1) is 9.45. The molecule has 0 aliphatic heterocycles. The monoisotopic (exact) mass is 295 g/mol. The minimum absolute atomic E-state index is 0.121. The van der Waals surface area contributed by atoms with Gasteiger partial charge in [0.2, 0.25) is 0 Å². The summed E-state index contributed by atoms with van der Waals surface area (Å²) in [6, 6.07) is 6.47. The van der Waals surface area contributed by atoms with Crippen LogP contribution in [0.2, 0.25) is 0 Å². The first-order valence-electron chi connectivity index (χ1n) is 7.50. The van der Waals surface area contributed by atoms with E-state index in [0.717, 1.165) is 44.0 Å². The third kappa shape index (κ3) is 6.19. The van der Waals surface area contributed by atoms with Crippen LogP contribution in [-0.4, -0.2) is 25.4 Å². The molecule has 0 bridgehead atoms. The number of thiol groups is 1. The third-order valence-corrected chi connectivity index (χ3v) is 3.46. The maximum absolute atomic E-state index is 5.98. The number of nitrogens with one attached hydrogen (secondary N) is 1. The molecule has 20 heavy (non-hydrogen) atoms. The van der Waals surface area contributed by atoms with Gasteiger partial charge in [0.05, 0.1) is 6.61 Å². The van der Waals surface area contributed by atoms with Gasteiger partial charge in [-0.2, -0.15) is 12.6 Å². The number of rotatable bonds is 8. The molecule has 0 aliphatic rings. The van der Waals surface area contributed by atoms with E-state index in [2.05, 4.69) is 63.8 Å². The van der Waals surface area contributed by atoms with E-state index >= 15 is 0 Å². The van der Waals surface area contributed by atoms with Crippen molar-refractivity contribution in [2.45, 2.75) is 46.0 Å². The molecule has 1 rings (SSSR count). The molecule has 3 heteroatoms. The van der Waals surface area contributed by atoms with Gasteiger partial charge in [-0.1, -0.05) is 38.5 Å². The Kier molecular flexibility index (Phi) is 7.46. The maximum Gasteiger partial charge on any atom is 0.123 e. The second kappa shape index (κ2) is 8.58. The summed E-state index contributed by atoms with van der Waals surface area (Å²) in [6.45, 7) is 11.6. The molecule has 114 valence electrons. The van der Waals surface area contributed by atoms with Gasteiger partial charge in [-0.05, 0) is 43.4 Å². The number of ether oxygens (including phenoxy) is 1. The van der Waals surface area contributed by atoms with Crippen molar-refractivity contribution < 1.29 is 4.74 Å². The number of unbranched alkanes of at least 4 members (excludes halogenated alkanes) is 1. The van der Waals surface area contributed by atoms with Crippen molar-refractivity contribution in [1.29, 1.82) is 0 Å². The van der Waals surface area contributed by atoms with E-state index in [-0.39, 0.29) is 5.41 Å². The predicted octanol–water partition coefficient (Wildman–Crippen LogP) is 3.97. The highest BCUT2D eigenvalue weighted by Crippen LogP contribution is 2.32. The van der Waals surface area contributed by atoms with Gasteiger partial charge in [0, 0.05) is 12.3 Å². The Bertz CT molecular complexity index is 398. The number of aryl methyl sites for hydroxylation is 1. The SMILES string of the molecule is Cc1ccc(OCCCCNCCS)c(C(C)(C)C)c1. The first-order valence-corrected chi connectivity index (χ1v) is 8.14. The lowest BCUT2D eigenvalue weighted by Gasteiger charge is -2.23. The molecule has 0 heterocycles. The summed E-state index contributed by atoms with van der Waals surface area (Å²) in [5, 5.41) is 3.34. The lowest BCUT2D eigenvalue weighted by molar-refractivity contribution is 0.298. The summed E-state index contributed by atoms with van der Waals surface area (Å²) in [5.41, 5.74) is 2.71. The molecule has 0 aliphatic carbocycles. The predicted molar refractivity (Wildman–Crippen MR) is 91.3 cm³/mol. The fraction of sp³-hybridized carbons (Fsp3) is 0.647. The molecular formula is C17H29NOS. The van der Waals surface area contributed by atoms with Crippen LogP contribution >= 0.6 is 12.6 Å². The normalized spacial score (nSPS) is 11.7. The molecule has 1 N–H and O–H groups in total. The fourth-order valence-electron chi connectivity index (χ4n) is 2.09. The van der Waals surface area contributed by atoms with Crippen LogP contribution in [0.15, 0.2) is 18.2 Å². The molecule has 0 unspecified atom stereocenters. The summed E-state index contributed by atoms with van der Waals surface area (Å²) >= 11 is 4.17. The summed E-state index contributed by atoms with van der Waals surface area (Å²) in [7, 11) is 0. The summed E-state index contributed by atoms with van der Waals surface area (Å²) in [5.74, 6) is 1.93. The average Bonchev–Trinajstić information content (AvgIpc) is 2.38. The Hall–Kier alpha value is -0.670. The number of hydrogen-bond donors (Lipinski definition) is 2. The second-order valence-corrected chi connectivity index (χ2v) is 6.73. The van der Waals surface area contributed by atoms with Gasteiger partial charge < -0.3 is 10.1 Å². The van der Waals surface area contributed by atoms with Crippen LogP contribution in [0.4, 0.5) is 0 Å². The quantitative estimate of drug-likeness (QED) is 0.559. The minimum atomic E-state index is 0.121. The van der Waals surface area contributed by atoms with Crippen LogP contribution in [0.5, 0.6) is 5.75 Å². The summed E-state index contributed by atoms with van der Waals surface area (Å²) < 4.78 is 5.98. The van der Waals surface area contributed by atoms with Crippen LogP contribution < -0.4 is 10.1 Å². The molecular weight excluding hydrogens is 266 g/mol. The van der Waals surface area contributed by atoms with Gasteiger partial charge in [-0.3, -0.25) is 0 Å². The Morgan fingerprint density at radius 1 is 1.15 bits per heavy atom. The van der Waals surface area contributed by atoms with Crippen LogP contribution in [0.25, 0.3) is 0 Å². The van der Waals surface area contributed by atoms with Crippen molar-refractivity contribution in [3.63, 3.8) is 0 Å². The van der Waals surface area contributed by atoms with Gasteiger partial charge in [-0.15, -0.1) is 0 Å². The Balaban J connectivity index is 2.44. The lowest BCUT2D eigenvalue weighted by atomic mass is 9.85. The van der Waals surface area contributed by atoms with Crippen molar-refractivity contribution in [1.82, 2.24) is 5.32 Å². The van der Waals surface area contributed by atoms with E-state index < -0.39 is 0 Å². The molecule has 2 nitrogen and oxygen atoms in total. The van der Waals surface area contributed by atoms with Crippen LogP contribution in [0, 0.1) is 6.92 Å². The van der Waals surface area contributed by atoms with E-state index in [4.69, 9.17) is 4.74 Å². The number of benzene rings is 1. The van der Waals surface area contributed by atoms with Gasteiger partial charge >= 0.3 is 0 Å². The molecule has 0 saturated heterocycles. The standard InChI is InChI=1S/C17H29NOS/c1-14-7-8-16(15(13-14)17(2,3)4)19-11-6-5-9-18-10-12-20/h7-8,13,18,20H,5-6,9-12H2,1-4H3. The first kappa shape index (κ1) is 17.4. The van der Waals surface area contributed by atoms with Crippen LogP contribution in [0.3, 0.4) is 0 Å². The molecule has 1 aromatic carbocycles. The Morgan fingerprint density at radius 3 is 2.55 bits per heavy atom. The highest BCUT2D eigenvalue weighted by atomic mass is 32.1. The van der Waals surface area contributed by atoms with E-state index in [1.54, 1.807) is 0 Å². The van der Waals surface area contributed by atoms with E-state index in [0.29, 0.717) is 0 Å². The topological polar surface area (TPSA) is 21.3 Å². The highest BCUT2D eigenvalue weighted by molar-refractivity contribution is 7.80. The third-order valence-electron chi connectivity index (χ3n) is 3.24. The van der Waals surface area contributed by atoms with Gasteiger partial charge in [-0.25, -0.2) is 0 Å². The van der Waals surface area contributed by atoms with Crippen LogP contribution in [0.1, 0.15) is 44.7 Å². The van der Waals surface area contributed by atoms with Crippen molar-refractivity contribution >= 4 is 12.6 Å². The Morgan fingerprint density at radius 2 is 1.90 bits per heavy atom. The summed E-state index contributed by atoms with van der Waals surface area (Å²) in [6.07, 6.45) is 2.22. The Labute approximate surface area is 129 Å². The van der Waals surface area contributed by atoms with Gasteiger partial charge in [0.1, 0.15) is 5.75 Å². The average molecular weight is 295 g/mol. The minimum Gasteiger partial charge on any atom is -0.493 e. The highest BCUT2D eigenvalue weighted by Gasteiger charge is 2.18. The van der Waals surface area contributed by atoms with Crippen molar-refractivity contribution in [3.8, 4) is 5.75 Å².